The van der Waals surface area contributed by atoms with Gasteiger partial charge in [0.05, 0.1) is 16.0 Å². The van der Waals surface area contributed by atoms with Gasteiger partial charge >= 0.3 is 0 Å². The molecule has 0 fully saturated rings. The number of aromatic nitrogens is 1. The summed E-state index contributed by atoms with van der Waals surface area (Å²) in [7, 11) is 0. The maximum Gasteiger partial charge on any atom is 0.237 e. The van der Waals surface area contributed by atoms with Crippen molar-refractivity contribution in [2.45, 2.75) is 30.8 Å². The number of amides is 1. The number of anilines is 1. The number of thioether (sulfide) groups is 1. The second-order valence-corrected chi connectivity index (χ2v) is 7.10. The molecule has 20 heavy (non-hydrogen) atoms. The van der Waals surface area contributed by atoms with E-state index in [1.54, 1.807) is 23.1 Å². The minimum Gasteiger partial charge on any atom is -0.325 e. The fourth-order valence-electron chi connectivity index (χ4n) is 2.31. The van der Waals surface area contributed by atoms with Gasteiger partial charge in [-0.3, -0.25) is 4.79 Å². The molecule has 0 radical (unpaired) electrons. The van der Waals surface area contributed by atoms with E-state index in [2.05, 4.69) is 21.7 Å². The Morgan fingerprint density at radius 1 is 1.45 bits per heavy atom. The van der Waals surface area contributed by atoms with Crippen molar-refractivity contribution >= 4 is 34.7 Å². The van der Waals surface area contributed by atoms with Crippen molar-refractivity contribution < 1.29 is 4.79 Å². The number of fused-ring (bicyclic) bond motifs is 1. The summed E-state index contributed by atoms with van der Waals surface area (Å²) in [5.41, 5.74) is 3.27. The lowest BCUT2D eigenvalue weighted by molar-refractivity contribution is -0.115. The van der Waals surface area contributed by atoms with Crippen molar-refractivity contribution in [2.24, 2.45) is 0 Å². The number of rotatable bonds is 3. The highest BCUT2D eigenvalue weighted by Gasteiger charge is 2.23. The van der Waals surface area contributed by atoms with E-state index in [1.807, 2.05) is 25.1 Å². The molecule has 1 aromatic carbocycles. The molecule has 1 amide bonds. The number of carbonyl (C=O) groups excluding carboxylic acids is 1. The third-order valence-electron chi connectivity index (χ3n) is 3.34. The molecule has 0 spiro atoms. The molecule has 1 aliphatic heterocycles. The second-order valence-electron chi connectivity index (χ2n) is 4.84. The van der Waals surface area contributed by atoms with E-state index in [0.29, 0.717) is 0 Å². The molecule has 2 aromatic rings. The van der Waals surface area contributed by atoms with Gasteiger partial charge < -0.3 is 5.32 Å². The molecule has 1 unspecified atom stereocenters. The van der Waals surface area contributed by atoms with Crippen LogP contribution in [0.1, 0.15) is 22.7 Å². The Kier molecular flexibility index (Phi) is 4.08. The van der Waals surface area contributed by atoms with Crippen LogP contribution >= 0.6 is 23.1 Å². The summed E-state index contributed by atoms with van der Waals surface area (Å²) in [6.07, 6.45) is 1.83. The van der Waals surface area contributed by atoms with E-state index in [9.17, 15) is 4.79 Å². The zero-order chi connectivity index (χ0) is 13.9. The third kappa shape index (κ3) is 3.04. The standard InChI is InChI=1S/C15H16N2OS2/c1-10-16-12(8-19-10)9-20-14-7-6-11-4-2-3-5-13(11)17-15(14)18/h2-5,8,14H,6-7,9H2,1H3,(H,17,18). The number of hydrogen-bond donors (Lipinski definition) is 1. The number of nitrogens with zero attached hydrogens (tertiary/aromatic N) is 1. The number of benzene rings is 1. The van der Waals surface area contributed by atoms with Gasteiger partial charge in [0.25, 0.3) is 0 Å². The molecule has 5 heteroatoms. The fraction of sp³-hybridized carbons (Fsp3) is 0.333. The summed E-state index contributed by atoms with van der Waals surface area (Å²) in [5.74, 6) is 0.922. The summed E-state index contributed by atoms with van der Waals surface area (Å²) in [4.78, 5) is 16.7. The zero-order valence-electron chi connectivity index (χ0n) is 11.3. The van der Waals surface area contributed by atoms with Crippen LogP contribution in [0.5, 0.6) is 0 Å². The third-order valence-corrected chi connectivity index (χ3v) is 5.48. The molecule has 3 rings (SSSR count). The van der Waals surface area contributed by atoms with Gasteiger partial charge in [0.1, 0.15) is 0 Å². The van der Waals surface area contributed by atoms with Gasteiger partial charge in [-0.05, 0) is 31.4 Å². The van der Waals surface area contributed by atoms with Crippen LogP contribution in [-0.4, -0.2) is 16.1 Å². The van der Waals surface area contributed by atoms with Crippen molar-refractivity contribution in [3.05, 3.63) is 45.9 Å². The van der Waals surface area contributed by atoms with Crippen LogP contribution in [0.3, 0.4) is 0 Å². The van der Waals surface area contributed by atoms with Crippen LogP contribution in [0.15, 0.2) is 29.6 Å². The lowest BCUT2D eigenvalue weighted by Gasteiger charge is -2.11. The Labute approximate surface area is 126 Å². The first kappa shape index (κ1) is 13.6. The summed E-state index contributed by atoms with van der Waals surface area (Å²) in [6, 6.07) is 8.05. The largest absolute Gasteiger partial charge is 0.325 e. The first-order valence-corrected chi connectivity index (χ1v) is 8.56. The van der Waals surface area contributed by atoms with Crippen molar-refractivity contribution in [1.82, 2.24) is 4.98 Å². The van der Waals surface area contributed by atoms with E-state index in [1.165, 1.54) is 5.56 Å². The first-order valence-electron chi connectivity index (χ1n) is 6.64. The number of aryl methyl sites for hydroxylation is 2. The Hall–Kier alpha value is -1.33. The van der Waals surface area contributed by atoms with Crippen LogP contribution < -0.4 is 5.32 Å². The van der Waals surface area contributed by atoms with Crippen molar-refractivity contribution in [3.8, 4) is 0 Å². The molecule has 104 valence electrons. The highest BCUT2D eigenvalue weighted by molar-refractivity contribution is 7.99. The number of hydrogen-bond acceptors (Lipinski definition) is 4. The minimum atomic E-state index is 0.00408. The number of nitrogens with one attached hydrogen (secondary N) is 1. The monoisotopic (exact) mass is 304 g/mol. The van der Waals surface area contributed by atoms with Crippen LogP contribution in [0.4, 0.5) is 5.69 Å². The molecular formula is C15H16N2OS2. The van der Waals surface area contributed by atoms with Crippen molar-refractivity contribution in [3.63, 3.8) is 0 Å². The molecule has 3 nitrogen and oxygen atoms in total. The molecule has 1 aliphatic rings. The normalized spacial score (nSPS) is 18.2. The minimum absolute atomic E-state index is 0.00408. The number of carbonyl (C=O) groups is 1. The molecule has 0 bridgehead atoms. The van der Waals surface area contributed by atoms with Crippen LogP contribution in [-0.2, 0) is 17.0 Å². The first-order chi connectivity index (χ1) is 9.72. The molecular weight excluding hydrogens is 288 g/mol. The number of thiazole rings is 1. The average molecular weight is 304 g/mol. The van der Waals surface area contributed by atoms with Gasteiger partial charge in [-0.2, -0.15) is 0 Å². The van der Waals surface area contributed by atoms with E-state index in [0.717, 1.165) is 35.0 Å². The molecule has 1 atom stereocenters. The average Bonchev–Trinajstić information content (AvgIpc) is 2.78. The molecule has 0 saturated heterocycles. The van der Waals surface area contributed by atoms with E-state index in [-0.39, 0.29) is 11.2 Å². The van der Waals surface area contributed by atoms with Gasteiger partial charge in [-0.1, -0.05) is 18.2 Å². The molecule has 0 aliphatic carbocycles. The van der Waals surface area contributed by atoms with Gasteiger partial charge in [0.2, 0.25) is 5.91 Å². The van der Waals surface area contributed by atoms with Crippen LogP contribution in [0.25, 0.3) is 0 Å². The fourth-order valence-corrected chi connectivity index (χ4v) is 4.04. The van der Waals surface area contributed by atoms with Gasteiger partial charge in [0, 0.05) is 16.8 Å². The van der Waals surface area contributed by atoms with Crippen LogP contribution in [0.2, 0.25) is 0 Å². The predicted molar refractivity (Wildman–Crippen MR) is 85.3 cm³/mol. The van der Waals surface area contributed by atoms with Gasteiger partial charge in [-0.25, -0.2) is 4.98 Å². The Bertz CT molecular complexity index is 624. The molecule has 1 aromatic heterocycles. The maximum atomic E-state index is 12.3. The lowest BCUT2D eigenvalue weighted by atomic mass is 10.1. The summed E-state index contributed by atoms with van der Waals surface area (Å²) in [5, 5.41) is 6.20. The Balaban J connectivity index is 1.65. The Morgan fingerprint density at radius 2 is 2.30 bits per heavy atom. The van der Waals surface area contributed by atoms with Crippen molar-refractivity contribution in [2.75, 3.05) is 5.32 Å². The van der Waals surface area contributed by atoms with Gasteiger partial charge in [-0.15, -0.1) is 23.1 Å². The molecule has 1 N–H and O–H groups in total. The summed E-state index contributed by atoms with van der Waals surface area (Å²) >= 11 is 3.35. The summed E-state index contributed by atoms with van der Waals surface area (Å²) < 4.78 is 0. The quantitative estimate of drug-likeness (QED) is 0.941. The van der Waals surface area contributed by atoms with E-state index >= 15 is 0 Å². The highest BCUT2D eigenvalue weighted by atomic mass is 32.2. The van der Waals surface area contributed by atoms with Crippen molar-refractivity contribution in [1.29, 1.82) is 0 Å². The topological polar surface area (TPSA) is 42.0 Å². The lowest BCUT2D eigenvalue weighted by Crippen LogP contribution is -2.23. The van der Waals surface area contributed by atoms with Crippen LogP contribution in [0, 0.1) is 6.92 Å². The molecule has 0 saturated carbocycles. The highest BCUT2D eigenvalue weighted by Crippen LogP contribution is 2.29. The Morgan fingerprint density at radius 3 is 3.10 bits per heavy atom. The smallest absolute Gasteiger partial charge is 0.237 e. The number of para-hydroxylation sites is 1. The van der Waals surface area contributed by atoms with Gasteiger partial charge in [0.15, 0.2) is 0 Å². The molecule has 2 heterocycles. The van der Waals surface area contributed by atoms with E-state index in [4.69, 9.17) is 0 Å². The summed E-state index contributed by atoms with van der Waals surface area (Å²) in [6.45, 7) is 2.01. The SMILES string of the molecule is Cc1nc(CSC2CCc3ccccc3NC2=O)cs1. The van der Waals surface area contributed by atoms with E-state index < -0.39 is 0 Å². The predicted octanol–water partition coefficient (Wildman–Crippen LogP) is 3.64. The second kappa shape index (κ2) is 5.97. The zero-order valence-corrected chi connectivity index (χ0v) is 12.9. The maximum absolute atomic E-state index is 12.3.